The Kier molecular flexibility index (Phi) is 9.53. The van der Waals surface area contributed by atoms with E-state index >= 15 is 0 Å². The second kappa shape index (κ2) is 13.2. The number of carbonyl (C=O) groups excluding carboxylic acids is 2. The Balaban J connectivity index is 1.73. The molecule has 3 aromatic rings. The smallest absolute Gasteiger partial charge is 0.296 e. The molecular weight excluding hydrogens is 510 g/mol. The first-order chi connectivity index (χ1) is 19.3. The molecule has 1 atom stereocenters. The van der Waals surface area contributed by atoms with Crippen molar-refractivity contribution in [3.05, 3.63) is 83.3 Å². The fraction of sp³-hybridized carbons (Fsp3) is 0.375. The molecule has 0 bridgehead atoms. The maximum Gasteiger partial charge on any atom is 0.296 e. The Morgan fingerprint density at radius 1 is 1.02 bits per heavy atom. The van der Waals surface area contributed by atoms with Gasteiger partial charge in [-0.1, -0.05) is 33.3 Å². The lowest BCUT2D eigenvalue weighted by molar-refractivity contribution is -0.140. The molecular formula is C32H37NO7. The largest absolute Gasteiger partial charge is 0.507 e. The molecule has 1 saturated heterocycles. The summed E-state index contributed by atoms with van der Waals surface area (Å²) in [6.45, 7) is 7.52. The molecule has 2 heterocycles. The van der Waals surface area contributed by atoms with E-state index in [4.69, 9.17) is 18.6 Å². The summed E-state index contributed by atoms with van der Waals surface area (Å²) in [5, 5.41) is 11.4. The lowest BCUT2D eigenvalue weighted by Gasteiger charge is -2.25. The maximum absolute atomic E-state index is 13.4. The number of ketones is 1. The molecule has 0 saturated carbocycles. The van der Waals surface area contributed by atoms with Crippen molar-refractivity contribution in [2.24, 2.45) is 5.92 Å². The molecule has 212 valence electrons. The fourth-order valence-electron chi connectivity index (χ4n) is 4.54. The Morgan fingerprint density at radius 3 is 2.45 bits per heavy atom. The Bertz CT molecular complexity index is 1330. The SMILES string of the molecule is CCCCOc1ccc(/C(O)=C2/C(=O)C(=O)N(Cc3ccco3)C2c2ccc(OCCC(C)C)c(OC)c2)cc1. The highest BCUT2D eigenvalue weighted by Gasteiger charge is 2.46. The van der Waals surface area contributed by atoms with Crippen LogP contribution >= 0.6 is 0 Å². The predicted molar refractivity (Wildman–Crippen MR) is 151 cm³/mol. The van der Waals surface area contributed by atoms with Crippen LogP contribution in [0.15, 0.2) is 70.9 Å². The van der Waals surface area contributed by atoms with Gasteiger partial charge in [0.05, 0.1) is 44.7 Å². The number of unbranched alkanes of at least 4 members (excludes halogenated alkanes) is 1. The van der Waals surface area contributed by atoms with Crippen molar-refractivity contribution in [3.8, 4) is 17.2 Å². The molecule has 0 radical (unpaired) electrons. The van der Waals surface area contributed by atoms with E-state index in [1.807, 2.05) is 0 Å². The second-order valence-corrected chi connectivity index (χ2v) is 10.2. The van der Waals surface area contributed by atoms with Crippen molar-refractivity contribution in [2.75, 3.05) is 20.3 Å². The van der Waals surface area contributed by atoms with Crippen molar-refractivity contribution in [1.82, 2.24) is 4.90 Å². The van der Waals surface area contributed by atoms with Gasteiger partial charge in [-0.05, 0) is 72.9 Å². The Labute approximate surface area is 235 Å². The lowest BCUT2D eigenvalue weighted by atomic mass is 9.95. The molecule has 0 spiro atoms. The standard InChI is InChI=1S/C32H37NO7/c1-5-6-16-38-24-12-9-22(10-13-24)30(34)28-29(33(32(36)31(28)35)20-25-8-7-17-39-25)23-11-14-26(27(19-23)37-4)40-18-15-21(2)3/h7-14,17,19,21,29,34H,5-6,15-16,18,20H2,1-4H3/b30-28-. The third-order valence-electron chi connectivity index (χ3n) is 6.80. The number of methoxy groups -OCH3 is 1. The van der Waals surface area contributed by atoms with E-state index in [2.05, 4.69) is 20.8 Å². The molecule has 8 heteroatoms. The van der Waals surface area contributed by atoms with E-state index in [0.717, 1.165) is 19.3 Å². The van der Waals surface area contributed by atoms with Crippen LogP contribution in [0.3, 0.4) is 0 Å². The maximum atomic E-state index is 13.4. The van der Waals surface area contributed by atoms with Crippen molar-refractivity contribution < 1.29 is 33.3 Å². The molecule has 40 heavy (non-hydrogen) atoms. The summed E-state index contributed by atoms with van der Waals surface area (Å²) in [7, 11) is 1.54. The van der Waals surface area contributed by atoms with Crippen LogP contribution in [-0.4, -0.2) is 42.0 Å². The van der Waals surface area contributed by atoms with E-state index in [-0.39, 0.29) is 17.9 Å². The molecule has 1 N–H and O–H groups in total. The molecule has 1 aromatic heterocycles. The van der Waals surface area contributed by atoms with Crippen LogP contribution in [0.25, 0.3) is 5.76 Å². The average molecular weight is 548 g/mol. The third-order valence-corrected chi connectivity index (χ3v) is 6.80. The van der Waals surface area contributed by atoms with Crippen LogP contribution in [-0.2, 0) is 16.1 Å². The molecule has 1 aliphatic rings. The summed E-state index contributed by atoms with van der Waals surface area (Å²) in [5.74, 6) is 0.947. The topological polar surface area (TPSA) is 98.4 Å². The van der Waals surface area contributed by atoms with E-state index in [0.29, 0.717) is 53.3 Å². The summed E-state index contributed by atoms with van der Waals surface area (Å²) in [6, 6.07) is 14.7. The normalized spacial score (nSPS) is 16.5. The predicted octanol–water partition coefficient (Wildman–Crippen LogP) is 6.51. The van der Waals surface area contributed by atoms with Crippen molar-refractivity contribution in [1.29, 1.82) is 0 Å². The number of hydrogen-bond acceptors (Lipinski definition) is 7. The van der Waals surface area contributed by atoms with Gasteiger partial charge in [-0.2, -0.15) is 0 Å². The number of likely N-dealkylation sites (tertiary alicyclic amines) is 1. The van der Waals surface area contributed by atoms with Gasteiger partial charge in [-0.15, -0.1) is 0 Å². The zero-order valence-corrected chi connectivity index (χ0v) is 23.5. The monoisotopic (exact) mass is 547 g/mol. The van der Waals surface area contributed by atoms with Crippen LogP contribution < -0.4 is 14.2 Å². The summed E-state index contributed by atoms with van der Waals surface area (Å²) in [6.07, 6.45) is 4.35. The van der Waals surface area contributed by atoms with Crippen LogP contribution in [0.1, 0.15) is 63.0 Å². The number of amides is 1. The molecule has 8 nitrogen and oxygen atoms in total. The molecule has 2 aromatic carbocycles. The minimum Gasteiger partial charge on any atom is -0.507 e. The number of hydrogen-bond donors (Lipinski definition) is 1. The number of Topliss-reactive ketones (excluding diaryl/α,β-unsaturated/α-hetero) is 1. The lowest BCUT2D eigenvalue weighted by Crippen LogP contribution is -2.29. The van der Waals surface area contributed by atoms with Gasteiger partial charge < -0.3 is 28.6 Å². The molecule has 1 amide bonds. The number of benzene rings is 2. The van der Waals surface area contributed by atoms with E-state index < -0.39 is 17.7 Å². The number of carbonyl (C=O) groups is 2. The zero-order valence-electron chi connectivity index (χ0n) is 23.5. The highest BCUT2D eigenvalue weighted by molar-refractivity contribution is 6.46. The fourth-order valence-corrected chi connectivity index (χ4v) is 4.54. The van der Waals surface area contributed by atoms with Crippen LogP contribution in [0.2, 0.25) is 0 Å². The minimum absolute atomic E-state index is 0.00765. The summed E-state index contributed by atoms with van der Waals surface area (Å²) in [4.78, 5) is 28.1. The van der Waals surface area contributed by atoms with Crippen LogP contribution in [0.5, 0.6) is 17.2 Å². The van der Waals surface area contributed by atoms with Gasteiger partial charge in [0, 0.05) is 5.56 Å². The molecule has 1 unspecified atom stereocenters. The zero-order chi connectivity index (χ0) is 28.6. The van der Waals surface area contributed by atoms with Gasteiger partial charge in [0.1, 0.15) is 17.3 Å². The molecule has 1 fully saturated rings. The number of rotatable bonds is 13. The third kappa shape index (κ3) is 6.50. The number of furan rings is 1. The van der Waals surface area contributed by atoms with Gasteiger partial charge in [0.2, 0.25) is 0 Å². The number of aliphatic hydroxyl groups excluding tert-OH is 1. The summed E-state index contributed by atoms with van der Waals surface area (Å²) < 4.78 is 22.8. The molecule has 1 aliphatic heterocycles. The van der Waals surface area contributed by atoms with Crippen molar-refractivity contribution >= 4 is 17.4 Å². The first kappa shape index (κ1) is 28.8. The number of aliphatic hydroxyl groups is 1. The van der Waals surface area contributed by atoms with E-state index in [9.17, 15) is 14.7 Å². The molecule has 0 aliphatic carbocycles. The highest BCUT2D eigenvalue weighted by atomic mass is 16.5. The van der Waals surface area contributed by atoms with Gasteiger partial charge in [0.15, 0.2) is 11.5 Å². The summed E-state index contributed by atoms with van der Waals surface area (Å²) >= 11 is 0. The van der Waals surface area contributed by atoms with E-state index in [1.54, 1.807) is 61.7 Å². The number of nitrogens with zero attached hydrogens (tertiary/aromatic N) is 1. The first-order valence-corrected chi connectivity index (χ1v) is 13.7. The Hall–Kier alpha value is -4.20. The summed E-state index contributed by atoms with van der Waals surface area (Å²) in [5.41, 5.74) is 0.996. The van der Waals surface area contributed by atoms with Crippen LogP contribution in [0.4, 0.5) is 0 Å². The second-order valence-electron chi connectivity index (χ2n) is 10.2. The van der Waals surface area contributed by atoms with E-state index in [1.165, 1.54) is 11.2 Å². The molecule has 4 rings (SSSR count). The van der Waals surface area contributed by atoms with Gasteiger partial charge in [-0.3, -0.25) is 9.59 Å². The van der Waals surface area contributed by atoms with Crippen LogP contribution in [0, 0.1) is 5.92 Å². The average Bonchev–Trinajstić information content (AvgIpc) is 3.55. The first-order valence-electron chi connectivity index (χ1n) is 13.7. The number of ether oxygens (including phenoxy) is 3. The van der Waals surface area contributed by atoms with Gasteiger partial charge in [0.25, 0.3) is 11.7 Å². The quantitative estimate of drug-likeness (QED) is 0.113. The minimum atomic E-state index is -0.871. The van der Waals surface area contributed by atoms with Crippen molar-refractivity contribution in [2.45, 2.75) is 52.6 Å². The van der Waals surface area contributed by atoms with Gasteiger partial charge >= 0.3 is 0 Å². The Morgan fingerprint density at radius 2 is 1.80 bits per heavy atom. The highest BCUT2D eigenvalue weighted by Crippen LogP contribution is 2.43. The van der Waals surface area contributed by atoms with Crippen molar-refractivity contribution in [3.63, 3.8) is 0 Å². The van der Waals surface area contributed by atoms with Gasteiger partial charge in [-0.25, -0.2) is 0 Å².